The van der Waals surface area contributed by atoms with Crippen LogP contribution in [0.25, 0.3) is 0 Å². The van der Waals surface area contributed by atoms with Gasteiger partial charge in [0.05, 0.1) is 0 Å². The molecule has 1 fully saturated rings. The first-order chi connectivity index (χ1) is 7.16. The zero-order valence-corrected chi connectivity index (χ0v) is 8.86. The van der Waals surface area contributed by atoms with E-state index in [1.807, 2.05) is 19.1 Å². The number of benzene rings is 1. The summed E-state index contributed by atoms with van der Waals surface area (Å²) in [6.07, 6.45) is 2.37. The lowest BCUT2D eigenvalue weighted by molar-refractivity contribution is -0.119. The summed E-state index contributed by atoms with van der Waals surface area (Å²) in [6.45, 7) is 1.99. The maximum Gasteiger partial charge on any atom is 0.227 e. The van der Waals surface area contributed by atoms with Gasteiger partial charge in [0.1, 0.15) is 0 Å². The van der Waals surface area contributed by atoms with E-state index in [9.17, 15) is 4.79 Å². The predicted octanol–water partition coefficient (Wildman–Crippen LogP) is 2.25. The number of nitrogens with two attached hydrogens (primary N) is 1. The summed E-state index contributed by atoms with van der Waals surface area (Å²) in [5, 5.41) is 2.88. The molecule has 1 unspecified atom stereocenters. The van der Waals surface area contributed by atoms with E-state index in [4.69, 9.17) is 5.73 Å². The minimum atomic E-state index is 0.100. The summed E-state index contributed by atoms with van der Waals surface area (Å²) in [4.78, 5) is 11.8. The molecule has 1 atom stereocenters. The quantitative estimate of drug-likeness (QED) is 0.742. The second kappa shape index (κ2) is 3.93. The van der Waals surface area contributed by atoms with Crippen LogP contribution in [0.15, 0.2) is 24.3 Å². The van der Waals surface area contributed by atoms with Gasteiger partial charge in [-0.3, -0.25) is 4.79 Å². The lowest BCUT2D eigenvalue weighted by Gasteiger charge is -2.11. The Labute approximate surface area is 89.7 Å². The number of anilines is 2. The van der Waals surface area contributed by atoms with E-state index in [0.717, 1.165) is 5.69 Å². The normalized spacial score (nSPS) is 17.1. The minimum Gasteiger partial charge on any atom is -0.399 e. The highest BCUT2D eigenvalue weighted by Crippen LogP contribution is 2.37. The van der Waals surface area contributed by atoms with Crippen LogP contribution in [-0.4, -0.2) is 5.91 Å². The van der Waals surface area contributed by atoms with Crippen LogP contribution in [0.2, 0.25) is 0 Å². The molecule has 1 amide bonds. The second-order valence-corrected chi connectivity index (χ2v) is 4.24. The molecule has 3 heteroatoms. The number of rotatable bonds is 3. The fourth-order valence-electron chi connectivity index (χ4n) is 1.68. The summed E-state index contributed by atoms with van der Waals surface area (Å²) in [6, 6.07) is 7.28. The van der Waals surface area contributed by atoms with E-state index < -0.39 is 0 Å². The molecular weight excluding hydrogens is 188 g/mol. The molecule has 2 rings (SSSR count). The van der Waals surface area contributed by atoms with Crippen molar-refractivity contribution in [3.05, 3.63) is 24.3 Å². The van der Waals surface area contributed by atoms with E-state index in [1.54, 1.807) is 12.1 Å². The van der Waals surface area contributed by atoms with Crippen molar-refractivity contribution < 1.29 is 4.79 Å². The highest BCUT2D eigenvalue weighted by molar-refractivity contribution is 5.93. The molecule has 80 valence electrons. The molecule has 1 aliphatic carbocycles. The zero-order valence-electron chi connectivity index (χ0n) is 8.86. The Morgan fingerprint density at radius 3 is 2.87 bits per heavy atom. The first kappa shape index (κ1) is 10.0. The fourth-order valence-corrected chi connectivity index (χ4v) is 1.68. The minimum absolute atomic E-state index is 0.100. The third-order valence-electron chi connectivity index (χ3n) is 2.90. The van der Waals surface area contributed by atoms with Crippen molar-refractivity contribution in [1.29, 1.82) is 0 Å². The molecule has 0 radical (unpaired) electrons. The van der Waals surface area contributed by atoms with Crippen LogP contribution < -0.4 is 11.1 Å². The van der Waals surface area contributed by atoms with Crippen molar-refractivity contribution in [3.8, 4) is 0 Å². The monoisotopic (exact) mass is 204 g/mol. The van der Waals surface area contributed by atoms with Crippen molar-refractivity contribution in [2.45, 2.75) is 19.8 Å². The summed E-state index contributed by atoms with van der Waals surface area (Å²) < 4.78 is 0. The number of amides is 1. The Morgan fingerprint density at radius 2 is 2.27 bits per heavy atom. The van der Waals surface area contributed by atoms with Gasteiger partial charge in [-0.25, -0.2) is 0 Å². The standard InChI is InChI=1S/C12H16N2O/c1-8(9-5-6-9)12(15)14-11-4-2-3-10(13)7-11/h2-4,7-9H,5-6,13H2,1H3,(H,14,15). The molecule has 1 saturated carbocycles. The first-order valence-corrected chi connectivity index (χ1v) is 5.33. The maximum atomic E-state index is 11.8. The molecule has 0 heterocycles. The van der Waals surface area contributed by atoms with Gasteiger partial charge in [0.25, 0.3) is 0 Å². The molecule has 1 aliphatic rings. The van der Waals surface area contributed by atoms with E-state index >= 15 is 0 Å². The molecule has 0 saturated heterocycles. The molecular formula is C12H16N2O. The molecule has 15 heavy (non-hydrogen) atoms. The van der Waals surface area contributed by atoms with Crippen LogP contribution in [-0.2, 0) is 4.79 Å². The average Bonchev–Trinajstić information content (AvgIpc) is 2.99. The Morgan fingerprint density at radius 1 is 1.53 bits per heavy atom. The van der Waals surface area contributed by atoms with Gasteiger partial charge in [-0.1, -0.05) is 13.0 Å². The van der Waals surface area contributed by atoms with Gasteiger partial charge in [0, 0.05) is 17.3 Å². The lowest BCUT2D eigenvalue weighted by Crippen LogP contribution is -2.21. The van der Waals surface area contributed by atoms with E-state index in [-0.39, 0.29) is 11.8 Å². The van der Waals surface area contributed by atoms with Gasteiger partial charge in [-0.2, -0.15) is 0 Å². The smallest absolute Gasteiger partial charge is 0.227 e. The molecule has 1 aromatic rings. The number of nitrogen functional groups attached to an aromatic ring is 1. The molecule has 3 nitrogen and oxygen atoms in total. The van der Waals surface area contributed by atoms with Crippen molar-refractivity contribution in [2.75, 3.05) is 11.1 Å². The summed E-state index contributed by atoms with van der Waals surface area (Å²) in [5.41, 5.74) is 7.09. The number of hydrogen-bond acceptors (Lipinski definition) is 2. The van der Waals surface area contributed by atoms with Crippen molar-refractivity contribution >= 4 is 17.3 Å². The maximum absolute atomic E-state index is 11.8. The molecule has 0 aromatic heterocycles. The van der Waals surface area contributed by atoms with Gasteiger partial charge >= 0.3 is 0 Å². The average molecular weight is 204 g/mol. The highest BCUT2D eigenvalue weighted by Gasteiger charge is 2.32. The van der Waals surface area contributed by atoms with Crippen LogP contribution in [0.1, 0.15) is 19.8 Å². The van der Waals surface area contributed by atoms with Gasteiger partial charge in [0.2, 0.25) is 5.91 Å². The number of carbonyl (C=O) groups excluding carboxylic acids is 1. The third kappa shape index (κ3) is 2.49. The van der Waals surface area contributed by atoms with Crippen molar-refractivity contribution in [1.82, 2.24) is 0 Å². The largest absolute Gasteiger partial charge is 0.399 e. The van der Waals surface area contributed by atoms with Crippen LogP contribution in [0.5, 0.6) is 0 Å². The second-order valence-electron chi connectivity index (χ2n) is 4.24. The number of nitrogens with one attached hydrogen (secondary N) is 1. The molecule has 3 N–H and O–H groups in total. The SMILES string of the molecule is CC(C(=O)Nc1cccc(N)c1)C1CC1. The van der Waals surface area contributed by atoms with Crippen molar-refractivity contribution in [3.63, 3.8) is 0 Å². The Kier molecular flexibility index (Phi) is 2.62. The third-order valence-corrected chi connectivity index (χ3v) is 2.90. The Hall–Kier alpha value is -1.51. The Balaban J connectivity index is 1.98. The van der Waals surface area contributed by atoms with Gasteiger partial charge in [-0.05, 0) is 37.0 Å². The predicted molar refractivity (Wildman–Crippen MR) is 61.4 cm³/mol. The van der Waals surface area contributed by atoms with Crippen LogP contribution in [0, 0.1) is 11.8 Å². The van der Waals surface area contributed by atoms with E-state index in [1.165, 1.54) is 12.8 Å². The van der Waals surface area contributed by atoms with Gasteiger partial charge < -0.3 is 11.1 Å². The highest BCUT2D eigenvalue weighted by atomic mass is 16.1. The first-order valence-electron chi connectivity index (χ1n) is 5.33. The van der Waals surface area contributed by atoms with Gasteiger partial charge in [0.15, 0.2) is 0 Å². The lowest BCUT2D eigenvalue weighted by atomic mass is 10.1. The Bertz CT molecular complexity index is 372. The van der Waals surface area contributed by atoms with Crippen LogP contribution >= 0.6 is 0 Å². The van der Waals surface area contributed by atoms with Crippen LogP contribution in [0.3, 0.4) is 0 Å². The fraction of sp³-hybridized carbons (Fsp3) is 0.417. The summed E-state index contributed by atoms with van der Waals surface area (Å²) in [7, 11) is 0. The molecule has 0 bridgehead atoms. The summed E-state index contributed by atoms with van der Waals surface area (Å²) >= 11 is 0. The molecule has 0 aliphatic heterocycles. The van der Waals surface area contributed by atoms with Gasteiger partial charge in [-0.15, -0.1) is 0 Å². The topological polar surface area (TPSA) is 55.1 Å². The van der Waals surface area contributed by atoms with E-state index in [2.05, 4.69) is 5.32 Å². The number of carbonyl (C=O) groups is 1. The van der Waals surface area contributed by atoms with E-state index in [0.29, 0.717) is 11.6 Å². The van der Waals surface area contributed by atoms with Crippen molar-refractivity contribution in [2.24, 2.45) is 11.8 Å². The summed E-state index contributed by atoms with van der Waals surface area (Å²) in [5.74, 6) is 0.806. The molecule has 1 aromatic carbocycles. The van der Waals surface area contributed by atoms with Crippen LogP contribution in [0.4, 0.5) is 11.4 Å². The number of hydrogen-bond donors (Lipinski definition) is 2. The molecule has 0 spiro atoms. The zero-order chi connectivity index (χ0) is 10.8.